The lowest BCUT2D eigenvalue weighted by atomic mass is 10.2. The normalized spacial score (nSPS) is 10.4. The van der Waals surface area contributed by atoms with Gasteiger partial charge in [0.15, 0.2) is 0 Å². The minimum Gasteiger partial charge on any atom is -0.465 e. The molecular formula is C15H18FN3O2. The van der Waals surface area contributed by atoms with Crippen LogP contribution in [0.3, 0.4) is 0 Å². The van der Waals surface area contributed by atoms with Crippen LogP contribution >= 0.6 is 0 Å². The second-order valence-corrected chi connectivity index (χ2v) is 4.59. The number of nitrogens with one attached hydrogen (secondary N) is 1. The van der Waals surface area contributed by atoms with E-state index in [1.165, 1.54) is 25.3 Å². The first-order valence-electron chi connectivity index (χ1n) is 6.78. The van der Waals surface area contributed by atoms with Crippen LogP contribution in [0.15, 0.2) is 30.5 Å². The van der Waals surface area contributed by atoms with Crippen molar-refractivity contribution in [2.24, 2.45) is 0 Å². The molecule has 0 bridgehead atoms. The molecule has 2 rings (SSSR count). The van der Waals surface area contributed by atoms with Crippen molar-refractivity contribution >= 4 is 11.7 Å². The number of rotatable bonds is 6. The number of nitrogens with zero attached hydrogens (tertiary/aromatic N) is 2. The number of hydrogen-bond donors (Lipinski definition) is 1. The van der Waals surface area contributed by atoms with Gasteiger partial charge in [0, 0.05) is 12.7 Å². The van der Waals surface area contributed by atoms with Gasteiger partial charge in [-0.15, -0.1) is 0 Å². The Balaban J connectivity index is 2.12. The van der Waals surface area contributed by atoms with Crippen molar-refractivity contribution in [3.05, 3.63) is 47.5 Å². The van der Waals surface area contributed by atoms with Crippen molar-refractivity contribution in [3.63, 3.8) is 0 Å². The molecular weight excluding hydrogens is 273 g/mol. The number of methoxy groups -OCH3 is 1. The van der Waals surface area contributed by atoms with Gasteiger partial charge in [0.25, 0.3) is 0 Å². The first-order valence-corrected chi connectivity index (χ1v) is 6.78. The van der Waals surface area contributed by atoms with E-state index in [2.05, 4.69) is 22.1 Å². The highest BCUT2D eigenvalue weighted by Gasteiger charge is 2.10. The van der Waals surface area contributed by atoms with Gasteiger partial charge in [-0.25, -0.2) is 9.18 Å². The third-order valence-electron chi connectivity index (χ3n) is 3.09. The fraction of sp³-hybridized carbons (Fsp3) is 0.333. The number of carbonyl (C=O) groups excluding carboxylic acids is 1. The molecule has 0 saturated carbocycles. The van der Waals surface area contributed by atoms with Gasteiger partial charge in [0.2, 0.25) is 0 Å². The van der Waals surface area contributed by atoms with Gasteiger partial charge < -0.3 is 10.1 Å². The zero-order chi connectivity index (χ0) is 15.2. The highest BCUT2D eigenvalue weighted by molar-refractivity contribution is 5.90. The molecule has 0 spiro atoms. The van der Waals surface area contributed by atoms with E-state index < -0.39 is 11.8 Å². The number of esters is 1. The third kappa shape index (κ3) is 3.59. The molecule has 0 unspecified atom stereocenters. The molecule has 0 aliphatic rings. The molecule has 112 valence electrons. The fourth-order valence-corrected chi connectivity index (χ4v) is 2.01. The molecule has 5 nitrogen and oxygen atoms in total. The van der Waals surface area contributed by atoms with Gasteiger partial charge in [0.05, 0.1) is 30.6 Å². The Kier molecular flexibility index (Phi) is 4.92. The van der Waals surface area contributed by atoms with Crippen LogP contribution in [0, 0.1) is 5.82 Å². The van der Waals surface area contributed by atoms with Crippen molar-refractivity contribution < 1.29 is 13.9 Å². The lowest BCUT2D eigenvalue weighted by Crippen LogP contribution is -2.10. The van der Waals surface area contributed by atoms with E-state index in [1.807, 2.05) is 10.7 Å². The molecule has 0 radical (unpaired) electrons. The summed E-state index contributed by atoms with van der Waals surface area (Å²) in [6.07, 6.45) is 2.69. The highest BCUT2D eigenvalue weighted by Crippen LogP contribution is 2.18. The predicted octanol–water partition coefficient (Wildman–Crippen LogP) is 2.83. The first kappa shape index (κ1) is 15.0. The van der Waals surface area contributed by atoms with Crippen molar-refractivity contribution in [1.82, 2.24) is 9.78 Å². The number of anilines is 1. The first-order chi connectivity index (χ1) is 10.2. The summed E-state index contributed by atoms with van der Waals surface area (Å²) in [6, 6.07) is 5.97. The van der Waals surface area contributed by atoms with E-state index in [1.54, 1.807) is 6.20 Å². The van der Waals surface area contributed by atoms with Crippen LogP contribution in [0.1, 0.15) is 29.4 Å². The Hall–Kier alpha value is -2.37. The van der Waals surface area contributed by atoms with Crippen LogP contribution in [0.25, 0.3) is 0 Å². The van der Waals surface area contributed by atoms with E-state index in [0.29, 0.717) is 12.1 Å². The Bertz CT molecular complexity index is 625. The maximum Gasteiger partial charge on any atom is 0.337 e. The number of aryl methyl sites for hydroxylation is 1. The number of halogens is 1. The molecule has 0 aliphatic heterocycles. The summed E-state index contributed by atoms with van der Waals surface area (Å²) in [5.41, 5.74) is 1.53. The summed E-state index contributed by atoms with van der Waals surface area (Å²) >= 11 is 0. The minimum atomic E-state index is -0.492. The SMILES string of the molecule is CCCn1nccc1CNc1cc(C(=O)OC)ccc1F. The summed E-state index contributed by atoms with van der Waals surface area (Å²) in [5, 5.41) is 7.20. The van der Waals surface area contributed by atoms with Crippen LogP contribution < -0.4 is 5.32 Å². The topological polar surface area (TPSA) is 56.2 Å². The van der Waals surface area contributed by atoms with E-state index >= 15 is 0 Å². The average molecular weight is 291 g/mol. The maximum atomic E-state index is 13.8. The van der Waals surface area contributed by atoms with Crippen LogP contribution in [0.5, 0.6) is 0 Å². The molecule has 1 aromatic carbocycles. The minimum absolute atomic E-state index is 0.266. The molecule has 0 aliphatic carbocycles. The van der Waals surface area contributed by atoms with Gasteiger partial charge in [0.1, 0.15) is 5.82 Å². The van der Waals surface area contributed by atoms with Gasteiger partial charge in [-0.05, 0) is 30.7 Å². The number of benzene rings is 1. The number of carbonyl (C=O) groups is 1. The van der Waals surface area contributed by atoms with Gasteiger partial charge in [-0.1, -0.05) is 6.92 Å². The van der Waals surface area contributed by atoms with Crippen molar-refractivity contribution in [2.75, 3.05) is 12.4 Å². The van der Waals surface area contributed by atoms with Crippen LogP contribution in [-0.2, 0) is 17.8 Å². The van der Waals surface area contributed by atoms with E-state index in [-0.39, 0.29) is 5.69 Å². The zero-order valence-electron chi connectivity index (χ0n) is 12.1. The van der Waals surface area contributed by atoms with Crippen LogP contribution in [-0.4, -0.2) is 22.9 Å². The standard InChI is InChI=1S/C15H18FN3O2/c1-3-8-19-12(6-7-18-19)10-17-14-9-11(15(20)21-2)4-5-13(14)16/h4-7,9,17H,3,8,10H2,1-2H3. The average Bonchev–Trinajstić information content (AvgIpc) is 2.93. The summed E-state index contributed by atoms with van der Waals surface area (Å²) in [7, 11) is 1.29. The summed E-state index contributed by atoms with van der Waals surface area (Å²) in [6.45, 7) is 3.31. The summed E-state index contributed by atoms with van der Waals surface area (Å²) < 4.78 is 20.3. The van der Waals surface area contributed by atoms with E-state index in [0.717, 1.165) is 18.7 Å². The van der Waals surface area contributed by atoms with Crippen molar-refractivity contribution in [1.29, 1.82) is 0 Å². The van der Waals surface area contributed by atoms with Crippen molar-refractivity contribution in [2.45, 2.75) is 26.4 Å². The Morgan fingerprint density at radius 3 is 2.95 bits per heavy atom. The Labute approximate surface area is 122 Å². The van der Waals surface area contributed by atoms with Gasteiger partial charge >= 0.3 is 5.97 Å². The third-order valence-corrected chi connectivity index (χ3v) is 3.09. The predicted molar refractivity (Wildman–Crippen MR) is 77.6 cm³/mol. The van der Waals surface area contributed by atoms with Crippen molar-refractivity contribution in [3.8, 4) is 0 Å². The molecule has 0 saturated heterocycles. The molecule has 21 heavy (non-hydrogen) atoms. The number of aromatic nitrogens is 2. The molecule has 1 heterocycles. The quantitative estimate of drug-likeness (QED) is 0.831. The van der Waals surface area contributed by atoms with E-state index in [4.69, 9.17) is 0 Å². The monoisotopic (exact) mass is 291 g/mol. The van der Waals surface area contributed by atoms with Gasteiger partial charge in [-0.3, -0.25) is 4.68 Å². The smallest absolute Gasteiger partial charge is 0.337 e. The molecule has 6 heteroatoms. The second-order valence-electron chi connectivity index (χ2n) is 4.59. The fourth-order valence-electron chi connectivity index (χ4n) is 2.01. The lowest BCUT2D eigenvalue weighted by molar-refractivity contribution is 0.0600. The lowest BCUT2D eigenvalue weighted by Gasteiger charge is -2.10. The Morgan fingerprint density at radius 1 is 1.43 bits per heavy atom. The molecule has 0 amide bonds. The largest absolute Gasteiger partial charge is 0.465 e. The number of ether oxygens (including phenoxy) is 1. The maximum absolute atomic E-state index is 13.8. The highest BCUT2D eigenvalue weighted by atomic mass is 19.1. The van der Waals surface area contributed by atoms with E-state index in [9.17, 15) is 9.18 Å². The Morgan fingerprint density at radius 2 is 2.24 bits per heavy atom. The summed E-state index contributed by atoms with van der Waals surface area (Å²) in [5.74, 6) is -0.904. The molecule has 2 aromatic rings. The summed E-state index contributed by atoms with van der Waals surface area (Å²) in [4.78, 5) is 11.5. The van der Waals surface area contributed by atoms with Crippen LogP contribution in [0.2, 0.25) is 0 Å². The second kappa shape index (κ2) is 6.88. The molecule has 0 fully saturated rings. The number of hydrogen-bond acceptors (Lipinski definition) is 4. The van der Waals surface area contributed by atoms with Crippen LogP contribution in [0.4, 0.5) is 10.1 Å². The zero-order valence-corrected chi connectivity index (χ0v) is 12.1. The molecule has 1 aromatic heterocycles. The molecule has 1 N–H and O–H groups in total. The molecule has 0 atom stereocenters. The van der Waals surface area contributed by atoms with Gasteiger partial charge in [-0.2, -0.15) is 5.10 Å².